The number of nitrogens with one attached hydrogen (secondary N) is 2. The molecule has 0 aromatic heterocycles. The molecule has 0 bridgehead atoms. The molecular weight excluding hydrogens is 287 g/mol. The molecule has 92 valence electrons. The first-order chi connectivity index (χ1) is 8.08. The highest BCUT2D eigenvalue weighted by Crippen LogP contribution is 2.24. The molecule has 1 amide bonds. The lowest BCUT2D eigenvalue weighted by atomic mass is 10.0. The number of hydrogen-bond donors (Lipinski definition) is 2. The molecule has 1 aromatic carbocycles. The molecule has 1 fully saturated rings. The van der Waals surface area contributed by atoms with Crippen LogP contribution in [0.4, 0.5) is 10.1 Å². The first-order valence-corrected chi connectivity index (χ1v) is 6.36. The summed E-state index contributed by atoms with van der Waals surface area (Å²) in [6.45, 7) is 2.88. The summed E-state index contributed by atoms with van der Waals surface area (Å²) in [6.07, 6.45) is 0.988. The smallest absolute Gasteiger partial charge is 0.241 e. The van der Waals surface area contributed by atoms with Gasteiger partial charge < -0.3 is 10.6 Å². The highest BCUT2D eigenvalue weighted by Gasteiger charge is 2.29. The predicted octanol–water partition coefficient (Wildman–Crippen LogP) is 2.52. The van der Waals surface area contributed by atoms with Gasteiger partial charge in [-0.05, 0) is 53.0 Å². The average molecular weight is 301 g/mol. The van der Waals surface area contributed by atoms with Gasteiger partial charge in [-0.2, -0.15) is 0 Å². The molecular formula is C12H14BrFN2O. The lowest BCUT2D eigenvalue weighted by molar-refractivity contribution is -0.118. The van der Waals surface area contributed by atoms with Crippen molar-refractivity contribution >= 4 is 27.5 Å². The molecule has 0 spiro atoms. The first-order valence-electron chi connectivity index (χ1n) is 5.57. The standard InChI is InChI=1S/C12H14BrFN2O/c1-7-4-5-15-11(7)12(17)16-10-6-8(14)2-3-9(10)13/h2-3,6-7,11,15H,4-5H2,1H3,(H,16,17). The Morgan fingerprint density at radius 1 is 1.59 bits per heavy atom. The van der Waals surface area contributed by atoms with Gasteiger partial charge in [-0.1, -0.05) is 6.92 Å². The maximum Gasteiger partial charge on any atom is 0.241 e. The van der Waals surface area contributed by atoms with Gasteiger partial charge in [0.15, 0.2) is 0 Å². The van der Waals surface area contributed by atoms with E-state index in [-0.39, 0.29) is 17.8 Å². The molecule has 1 aromatic rings. The molecule has 0 aliphatic carbocycles. The van der Waals surface area contributed by atoms with E-state index in [1.165, 1.54) is 12.1 Å². The van der Waals surface area contributed by atoms with Crippen LogP contribution in [0.25, 0.3) is 0 Å². The van der Waals surface area contributed by atoms with Crippen LogP contribution in [-0.2, 0) is 4.79 Å². The van der Waals surface area contributed by atoms with Gasteiger partial charge in [0.25, 0.3) is 0 Å². The summed E-state index contributed by atoms with van der Waals surface area (Å²) in [5.74, 6) is -0.167. The lowest BCUT2D eigenvalue weighted by Gasteiger charge is -2.16. The summed E-state index contributed by atoms with van der Waals surface area (Å²) in [5.41, 5.74) is 0.468. The fraction of sp³-hybridized carbons (Fsp3) is 0.417. The Labute approximate surface area is 108 Å². The Bertz CT molecular complexity index is 439. The lowest BCUT2D eigenvalue weighted by Crippen LogP contribution is -2.39. The normalized spacial score (nSPS) is 23.7. The van der Waals surface area contributed by atoms with E-state index in [9.17, 15) is 9.18 Å². The van der Waals surface area contributed by atoms with Crippen molar-refractivity contribution in [3.63, 3.8) is 0 Å². The van der Waals surface area contributed by atoms with Gasteiger partial charge in [0.2, 0.25) is 5.91 Å². The third-order valence-corrected chi connectivity index (χ3v) is 3.69. The SMILES string of the molecule is CC1CCNC1C(=O)Nc1cc(F)ccc1Br. The number of carbonyl (C=O) groups is 1. The zero-order chi connectivity index (χ0) is 12.4. The average Bonchev–Trinajstić information content (AvgIpc) is 2.70. The molecule has 3 nitrogen and oxygen atoms in total. The fourth-order valence-corrected chi connectivity index (χ4v) is 2.33. The zero-order valence-electron chi connectivity index (χ0n) is 9.47. The molecule has 17 heavy (non-hydrogen) atoms. The second-order valence-electron chi connectivity index (χ2n) is 4.31. The van der Waals surface area contributed by atoms with Crippen LogP contribution in [0.5, 0.6) is 0 Å². The van der Waals surface area contributed by atoms with E-state index in [1.807, 2.05) is 6.92 Å². The Kier molecular flexibility index (Phi) is 3.79. The van der Waals surface area contributed by atoms with Crippen LogP contribution in [0.2, 0.25) is 0 Å². The van der Waals surface area contributed by atoms with Crippen molar-refractivity contribution in [1.82, 2.24) is 5.32 Å². The van der Waals surface area contributed by atoms with Crippen molar-refractivity contribution in [3.05, 3.63) is 28.5 Å². The van der Waals surface area contributed by atoms with Gasteiger partial charge >= 0.3 is 0 Å². The van der Waals surface area contributed by atoms with Crippen LogP contribution < -0.4 is 10.6 Å². The van der Waals surface area contributed by atoms with Crippen LogP contribution in [0, 0.1) is 11.7 Å². The van der Waals surface area contributed by atoms with E-state index in [0.29, 0.717) is 16.1 Å². The minimum absolute atomic E-state index is 0.110. The Hall–Kier alpha value is -0.940. The summed E-state index contributed by atoms with van der Waals surface area (Å²) >= 11 is 3.28. The second-order valence-corrected chi connectivity index (χ2v) is 5.17. The third kappa shape index (κ3) is 2.84. The molecule has 2 rings (SSSR count). The van der Waals surface area contributed by atoms with E-state index in [0.717, 1.165) is 13.0 Å². The molecule has 0 radical (unpaired) electrons. The highest BCUT2D eigenvalue weighted by molar-refractivity contribution is 9.10. The Balaban J connectivity index is 2.10. The molecule has 1 heterocycles. The zero-order valence-corrected chi connectivity index (χ0v) is 11.1. The van der Waals surface area contributed by atoms with Gasteiger partial charge in [-0.15, -0.1) is 0 Å². The number of anilines is 1. The third-order valence-electron chi connectivity index (χ3n) is 3.00. The van der Waals surface area contributed by atoms with Crippen LogP contribution in [-0.4, -0.2) is 18.5 Å². The van der Waals surface area contributed by atoms with Crippen molar-refractivity contribution in [1.29, 1.82) is 0 Å². The number of halogens is 2. The minimum Gasteiger partial charge on any atom is -0.324 e. The van der Waals surface area contributed by atoms with Crippen molar-refractivity contribution in [2.75, 3.05) is 11.9 Å². The number of carbonyl (C=O) groups excluding carboxylic acids is 1. The maximum atomic E-state index is 13.1. The monoisotopic (exact) mass is 300 g/mol. The van der Waals surface area contributed by atoms with Gasteiger partial charge in [-0.3, -0.25) is 4.79 Å². The van der Waals surface area contributed by atoms with E-state index >= 15 is 0 Å². The number of amides is 1. The van der Waals surface area contributed by atoms with Gasteiger partial charge in [0.05, 0.1) is 11.7 Å². The van der Waals surface area contributed by atoms with Crippen molar-refractivity contribution in [2.24, 2.45) is 5.92 Å². The van der Waals surface area contributed by atoms with E-state index in [2.05, 4.69) is 26.6 Å². The van der Waals surface area contributed by atoms with Crippen molar-refractivity contribution in [2.45, 2.75) is 19.4 Å². The largest absolute Gasteiger partial charge is 0.324 e. The Morgan fingerprint density at radius 2 is 2.35 bits per heavy atom. The van der Waals surface area contributed by atoms with Crippen molar-refractivity contribution in [3.8, 4) is 0 Å². The fourth-order valence-electron chi connectivity index (χ4n) is 1.99. The molecule has 2 unspecified atom stereocenters. The van der Waals surface area contributed by atoms with Crippen LogP contribution in [0.3, 0.4) is 0 Å². The summed E-state index contributed by atoms with van der Waals surface area (Å²) in [5, 5.41) is 5.87. The van der Waals surface area contributed by atoms with Crippen molar-refractivity contribution < 1.29 is 9.18 Å². The summed E-state index contributed by atoms with van der Waals surface area (Å²) in [4.78, 5) is 12.0. The van der Waals surface area contributed by atoms with E-state index in [1.54, 1.807) is 6.07 Å². The maximum absolute atomic E-state index is 13.1. The van der Waals surface area contributed by atoms with Crippen LogP contribution >= 0.6 is 15.9 Å². The van der Waals surface area contributed by atoms with E-state index in [4.69, 9.17) is 0 Å². The van der Waals surface area contributed by atoms with Gasteiger partial charge in [-0.25, -0.2) is 4.39 Å². The van der Waals surface area contributed by atoms with Gasteiger partial charge in [0.1, 0.15) is 5.82 Å². The molecule has 0 saturated carbocycles. The number of rotatable bonds is 2. The number of hydrogen-bond acceptors (Lipinski definition) is 2. The molecule has 1 aliphatic heterocycles. The second kappa shape index (κ2) is 5.14. The predicted molar refractivity (Wildman–Crippen MR) is 68.3 cm³/mol. The topological polar surface area (TPSA) is 41.1 Å². The molecule has 2 atom stereocenters. The van der Waals surface area contributed by atoms with Gasteiger partial charge in [0, 0.05) is 4.47 Å². The van der Waals surface area contributed by atoms with Crippen LogP contribution in [0.15, 0.2) is 22.7 Å². The summed E-state index contributed by atoms with van der Waals surface area (Å²) in [6, 6.07) is 4.04. The van der Waals surface area contributed by atoms with E-state index < -0.39 is 0 Å². The Morgan fingerprint density at radius 3 is 3.00 bits per heavy atom. The molecule has 1 aliphatic rings. The van der Waals surface area contributed by atoms with Crippen LogP contribution in [0.1, 0.15) is 13.3 Å². The minimum atomic E-state index is -0.365. The summed E-state index contributed by atoms with van der Waals surface area (Å²) in [7, 11) is 0. The number of benzene rings is 1. The first kappa shape index (κ1) is 12.5. The molecule has 2 N–H and O–H groups in total. The highest BCUT2D eigenvalue weighted by atomic mass is 79.9. The quantitative estimate of drug-likeness (QED) is 0.881. The molecule has 1 saturated heterocycles. The summed E-state index contributed by atoms with van der Waals surface area (Å²) < 4.78 is 13.7. The molecule has 5 heteroatoms.